The zero-order chi connectivity index (χ0) is 14.0. The number of nitrogens with one attached hydrogen (secondary N) is 2. The minimum Gasteiger partial charge on any atom is -0.323 e. The van der Waals surface area contributed by atoms with Crippen molar-refractivity contribution in [3.05, 3.63) is 29.8 Å². The van der Waals surface area contributed by atoms with Crippen LogP contribution in [0, 0.1) is 23.0 Å². The van der Waals surface area contributed by atoms with Crippen LogP contribution in [0.3, 0.4) is 0 Å². The fourth-order valence-electron chi connectivity index (χ4n) is 2.51. The number of carbonyl (C=O) groups excluding carboxylic acids is 1. The van der Waals surface area contributed by atoms with Crippen LogP contribution in [0.2, 0.25) is 0 Å². The van der Waals surface area contributed by atoms with E-state index in [4.69, 9.17) is 0 Å². The summed E-state index contributed by atoms with van der Waals surface area (Å²) < 4.78 is 26.7. The van der Waals surface area contributed by atoms with Gasteiger partial charge in [-0.05, 0) is 31.0 Å². The molecule has 1 saturated heterocycles. The Balaban J connectivity index is 2.23. The minimum atomic E-state index is -1.01. The van der Waals surface area contributed by atoms with E-state index < -0.39 is 17.0 Å². The number of hydrogen-bond acceptors (Lipinski definition) is 2. The van der Waals surface area contributed by atoms with E-state index in [2.05, 4.69) is 10.6 Å². The SMILES string of the molecule is CC(C)C1(C(=O)Nc2cccc(F)c2F)CCNC1. The third-order valence-electron chi connectivity index (χ3n) is 3.95. The Morgan fingerprint density at radius 1 is 1.42 bits per heavy atom. The highest BCUT2D eigenvalue weighted by Gasteiger charge is 2.44. The van der Waals surface area contributed by atoms with Crippen molar-refractivity contribution in [3.8, 4) is 0 Å². The number of halogens is 2. The van der Waals surface area contributed by atoms with Gasteiger partial charge in [0.05, 0.1) is 11.1 Å². The second kappa shape index (κ2) is 5.25. The van der Waals surface area contributed by atoms with Gasteiger partial charge in [0.15, 0.2) is 11.6 Å². The molecule has 1 aliphatic heterocycles. The molecule has 1 unspecified atom stereocenters. The summed E-state index contributed by atoms with van der Waals surface area (Å²) in [5.41, 5.74) is -0.657. The first kappa shape index (κ1) is 13.9. The summed E-state index contributed by atoms with van der Waals surface area (Å²) in [7, 11) is 0. The zero-order valence-corrected chi connectivity index (χ0v) is 11.1. The van der Waals surface area contributed by atoms with Gasteiger partial charge in [0.25, 0.3) is 0 Å². The number of hydrogen-bond donors (Lipinski definition) is 2. The second-order valence-corrected chi connectivity index (χ2v) is 5.29. The van der Waals surface area contributed by atoms with Crippen LogP contribution in [0.15, 0.2) is 18.2 Å². The molecule has 104 valence electrons. The van der Waals surface area contributed by atoms with E-state index in [0.29, 0.717) is 13.0 Å². The van der Waals surface area contributed by atoms with Crippen molar-refractivity contribution in [2.75, 3.05) is 18.4 Å². The van der Waals surface area contributed by atoms with Gasteiger partial charge in [0, 0.05) is 6.54 Å². The molecule has 1 aromatic carbocycles. The lowest BCUT2D eigenvalue weighted by Gasteiger charge is -2.31. The Bertz CT molecular complexity index is 482. The summed E-state index contributed by atoms with van der Waals surface area (Å²) in [5, 5.41) is 5.68. The maximum absolute atomic E-state index is 13.6. The molecule has 0 bridgehead atoms. The maximum Gasteiger partial charge on any atom is 0.232 e. The molecule has 1 aromatic rings. The highest BCUT2D eigenvalue weighted by Crippen LogP contribution is 2.35. The fourth-order valence-corrected chi connectivity index (χ4v) is 2.51. The molecule has 0 spiro atoms. The number of anilines is 1. The Labute approximate surface area is 111 Å². The minimum absolute atomic E-state index is 0.100. The van der Waals surface area contributed by atoms with Crippen LogP contribution in [0.4, 0.5) is 14.5 Å². The average Bonchev–Trinajstić information content (AvgIpc) is 2.85. The molecule has 0 aromatic heterocycles. The molecule has 1 aliphatic rings. The molecule has 3 nitrogen and oxygen atoms in total. The van der Waals surface area contributed by atoms with E-state index in [1.807, 2.05) is 13.8 Å². The molecule has 0 saturated carbocycles. The van der Waals surface area contributed by atoms with E-state index in [9.17, 15) is 13.6 Å². The first-order chi connectivity index (χ1) is 8.97. The molecule has 5 heteroatoms. The largest absolute Gasteiger partial charge is 0.323 e. The Hall–Kier alpha value is -1.49. The van der Waals surface area contributed by atoms with Gasteiger partial charge in [-0.1, -0.05) is 19.9 Å². The average molecular weight is 268 g/mol. The Morgan fingerprint density at radius 3 is 2.74 bits per heavy atom. The van der Waals surface area contributed by atoms with Crippen molar-refractivity contribution in [3.63, 3.8) is 0 Å². The summed E-state index contributed by atoms with van der Waals surface area (Å²) in [6.45, 7) is 5.26. The van der Waals surface area contributed by atoms with E-state index in [-0.39, 0.29) is 17.5 Å². The topological polar surface area (TPSA) is 41.1 Å². The molecule has 2 rings (SSSR count). The summed E-state index contributed by atoms with van der Waals surface area (Å²) in [6.07, 6.45) is 0.702. The van der Waals surface area contributed by atoms with Crippen LogP contribution < -0.4 is 10.6 Å². The molecule has 1 atom stereocenters. The fraction of sp³-hybridized carbons (Fsp3) is 0.500. The standard InChI is InChI=1S/C14H18F2N2O/c1-9(2)14(6-7-17-8-14)13(19)18-11-5-3-4-10(15)12(11)16/h3-5,9,17H,6-8H2,1-2H3,(H,18,19). The quantitative estimate of drug-likeness (QED) is 0.884. The normalized spacial score (nSPS) is 22.8. The monoisotopic (exact) mass is 268 g/mol. The Kier molecular flexibility index (Phi) is 3.85. The molecule has 1 fully saturated rings. The molecule has 0 aliphatic carbocycles. The van der Waals surface area contributed by atoms with Crippen LogP contribution >= 0.6 is 0 Å². The van der Waals surface area contributed by atoms with E-state index in [1.54, 1.807) is 0 Å². The summed E-state index contributed by atoms with van der Waals surface area (Å²) in [4.78, 5) is 12.4. The van der Waals surface area contributed by atoms with Crippen molar-refractivity contribution in [2.24, 2.45) is 11.3 Å². The van der Waals surface area contributed by atoms with Crippen LogP contribution in [0.1, 0.15) is 20.3 Å². The highest BCUT2D eigenvalue weighted by atomic mass is 19.2. The molecule has 19 heavy (non-hydrogen) atoms. The lowest BCUT2D eigenvalue weighted by Crippen LogP contribution is -2.42. The molecular weight excluding hydrogens is 250 g/mol. The highest BCUT2D eigenvalue weighted by molar-refractivity contribution is 5.96. The van der Waals surface area contributed by atoms with Gasteiger partial charge in [-0.15, -0.1) is 0 Å². The van der Waals surface area contributed by atoms with E-state index in [0.717, 1.165) is 12.6 Å². The summed E-state index contributed by atoms with van der Waals surface area (Å²) in [6, 6.07) is 3.77. The third-order valence-corrected chi connectivity index (χ3v) is 3.95. The van der Waals surface area contributed by atoms with E-state index in [1.165, 1.54) is 12.1 Å². The zero-order valence-electron chi connectivity index (χ0n) is 11.1. The van der Waals surface area contributed by atoms with Crippen molar-refractivity contribution in [1.29, 1.82) is 0 Å². The van der Waals surface area contributed by atoms with Crippen LogP contribution in [0.5, 0.6) is 0 Å². The predicted molar refractivity (Wildman–Crippen MR) is 69.7 cm³/mol. The lowest BCUT2D eigenvalue weighted by molar-refractivity contribution is -0.126. The number of carbonyl (C=O) groups is 1. The molecule has 1 amide bonds. The third kappa shape index (κ3) is 2.47. The van der Waals surface area contributed by atoms with Gasteiger partial charge in [0.2, 0.25) is 5.91 Å². The van der Waals surface area contributed by atoms with Crippen molar-refractivity contribution < 1.29 is 13.6 Å². The predicted octanol–water partition coefficient (Wildman–Crippen LogP) is 2.54. The van der Waals surface area contributed by atoms with Crippen LogP contribution in [-0.2, 0) is 4.79 Å². The molecule has 1 heterocycles. The first-order valence-electron chi connectivity index (χ1n) is 6.43. The molecule has 0 radical (unpaired) electrons. The second-order valence-electron chi connectivity index (χ2n) is 5.29. The first-order valence-corrected chi connectivity index (χ1v) is 6.43. The van der Waals surface area contributed by atoms with Crippen molar-refractivity contribution in [2.45, 2.75) is 20.3 Å². The number of benzene rings is 1. The molecular formula is C14H18F2N2O. The van der Waals surface area contributed by atoms with Crippen LogP contribution in [0.25, 0.3) is 0 Å². The lowest BCUT2D eigenvalue weighted by atomic mass is 9.75. The van der Waals surface area contributed by atoms with Gasteiger partial charge in [-0.2, -0.15) is 0 Å². The van der Waals surface area contributed by atoms with Gasteiger partial charge in [-0.25, -0.2) is 8.78 Å². The Morgan fingerprint density at radius 2 is 2.16 bits per heavy atom. The summed E-state index contributed by atoms with van der Waals surface area (Å²) >= 11 is 0. The van der Waals surface area contributed by atoms with Gasteiger partial charge < -0.3 is 10.6 Å². The van der Waals surface area contributed by atoms with Gasteiger partial charge in [-0.3, -0.25) is 4.79 Å². The van der Waals surface area contributed by atoms with Gasteiger partial charge >= 0.3 is 0 Å². The summed E-state index contributed by atoms with van der Waals surface area (Å²) in [5.74, 6) is -2.10. The van der Waals surface area contributed by atoms with E-state index >= 15 is 0 Å². The van der Waals surface area contributed by atoms with Crippen molar-refractivity contribution >= 4 is 11.6 Å². The number of rotatable bonds is 3. The molecule has 2 N–H and O–H groups in total. The van der Waals surface area contributed by atoms with Crippen molar-refractivity contribution in [1.82, 2.24) is 5.32 Å². The maximum atomic E-state index is 13.6. The van der Waals surface area contributed by atoms with Crippen LogP contribution in [-0.4, -0.2) is 19.0 Å². The van der Waals surface area contributed by atoms with Gasteiger partial charge in [0.1, 0.15) is 0 Å². The number of amides is 1. The smallest absolute Gasteiger partial charge is 0.232 e.